The predicted octanol–water partition coefficient (Wildman–Crippen LogP) is 2.77. The minimum atomic E-state index is -3.61. The van der Waals surface area contributed by atoms with E-state index in [1.807, 2.05) is 41.9 Å². The van der Waals surface area contributed by atoms with Crippen LogP contribution in [0.1, 0.15) is 11.4 Å². The smallest absolute Gasteiger partial charge is 0.243 e. The van der Waals surface area contributed by atoms with Crippen LogP contribution in [0.4, 0.5) is 5.69 Å². The molecule has 0 N–H and O–H groups in total. The molecule has 2 aliphatic rings. The van der Waals surface area contributed by atoms with E-state index in [2.05, 4.69) is 11.8 Å². The molecule has 168 valence electrons. The van der Waals surface area contributed by atoms with E-state index < -0.39 is 10.0 Å². The first-order valence-corrected chi connectivity index (χ1v) is 12.2. The Morgan fingerprint density at radius 2 is 1.56 bits per heavy atom. The molecule has 1 fully saturated rings. The van der Waals surface area contributed by atoms with Crippen LogP contribution in [0.2, 0.25) is 0 Å². The summed E-state index contributed by atoms with van der Waals surface area (Å²) >= 11 is 0. The zero-order valence-corrected chi connectivity index (χ0v) is 19.0. The van der Waals surface area contributed by atoms with Crippen LogP contribution in [0.25, 0.3) is 5.69 Å². The molecular formula is C23H26N4O4S. The molecule has 0 spiro atoms. The third-order valence-corrected chi connectivity index (χ3v) is 7.85. The highest BCUT2D eigenvalue weighted by molar-refractivity contribution is 7.89. The van der Waals surface area contributed by atoms with Gasteiger partial charge < -0.3 is 14.4 Å². The number of hydrogen-bond acceptors (Lipinski definition) is 6. The lowest BCUT2D eigenvalue weighted by molar-refractivity contribution is 0.171. The van der Waals surface area contributed by atoms with Gasteiger partial charge in [-0.3, -0.25) is 0 Å². The van der Waals surface area contributed by atoms with Gasteiger partial charge in [0.25, 0.3) is 0 Å². The lowest BCUT2D eigenvalue weighted by atomic mass is 10.2. The van der Waals surface area contributed by atoms with Gasteiger partial charge in [0, 0.05) is 32.2 Å². The second-order valence-electron chi connectivity index (χ2n) is 7.96. The minimum absolute atomic E-state index is 0.236. The molecule has 0 saturated carbocycles. The molecule has 0 radical (unpaired) electrons. The van der Waals surface area contributed by atoms with Crippen LogP contribution in [-0.2, 0) is 10.0 Å². The molecule has 0 bridgehead atoms. The highest BCUT2D eigenvalue weighted by Gasteiger charge is 2.31. The van der Waals surface area contributed by atoms with Crippen molar-refractivity contribution in [1.29, 1.82) is 0 Å². The summed E-state index contributed by atoms with van der Waals surface area (Å²) in [5.74, 6) is 1.07. The van der Waals surface area contributed by atoms with Crippen molar-refractivity contribution in [3.63, 3.8) is 0 Å². The zero-order valence-electron chi connectivity index (χ0n) is 18.2. The Labute approximate surface area is 188 Å². The molecule has 5 rings (SSSR count). The summed E-state index contributed by atoms with van der Waals surface area (Å²) in [6.45, 7) is 6.97. The largest absolute Gasteiger partial charge is 0.486 e. The van der Waals surface area contributed by atoms with Crippen LogP contribution < -0.4 is 14.4 Å². The van der Waals surface area contributed by atoms with Crippen LogP contribution in [0.3, 0.4) is 0 Å². The Hall–Kier alpha value is -3.04. The molecule has 1 saturated heterocycles. The summed E-state index contributed by atoms with van der Waals surface area (Å²) in [6.07, 6.45) is 0. The fourth-order valence-corrected chi connectivity index (χ4v) is 5.84. The first kappa shape index (κ1) is 20.8. The fraction of sp³-hybridized carbons (Fsp3) is 0.348. The minimum Gasteiger partial charge on any atom is -0.486 e. The Morgan fingerprint density at radius 1 is 0.875 bits per heavy atom. The summed E-state index contributed by atoms with van der Waals surface area (Å²) in [5.41, 5.74) is 4.08. The third kappa shape index (κ3) is 3.61. The van der Waals surface area contributed by atoms with Gasteiger partial charge in [-0.25, -0.2) is 13.1 Å². The molecule has 8 nitrogen and oxygen atoms in total. The number of fused-ring (bicyclic) bond motifs is 1. The number of para-hydroxylation sites is 1. The van der Waals surface area contributed by atoms with Crippen LogP contribution >= 0.6 is 0 Å². The van der Waals surface area contributed by atoms with E-state index in [9.17, 15) is 8.42 Å². The number of nitrogens with zero attached hydrogens (tertiary/aromatic N) is 4. The Balaban J connectivity index is 1.34. The monoisotopic (exact) mass is 454 g/mol. The fourth-order valence-electron chi connectivity index (χ4n) is 4.40. The summed E-state index contributed by atoms with van der Waals surface area (Å²) in [4.78, 5) is 2.46. The first-order chi connectivity index (χ1) is 15.4. The maximum Gasteiger partial charge on any atom is 0.243 e. The van der Waals surface area contributed by atoms with Gasteiger partial charge in [-0.15, -0.1) is 0 Å². The summed E-state index contributed by atoms with van der Waals surface area (Å²) in [7, 11) is -3.61. The molecule has 0 aliphatic carbocycles. The first-order valence-electron chi connectivity index (χ1n) is 10.7. The Kier molecular flexibility index (Phi) is 5.30. The summed E-state index contributed by atoms with van der Waals surface area (Å²) in [5, 5.41) is 4.73. The maximum absolute atomic E-state index is 13.2. The number of anilines is 1. The number of piperazine rings is 1. The van der Waals surface area contributed by atoms with E-state index in [1.165, 1.54) is 0 Å². The molecule has 0 amide bonds. The molecule has 32 heavy (non-hydrogen) atoms. The van der Waals surface area contributed by atoms with Crippen molar-refractivity contribution in [3.05, 3.63) is 59.9 Å². The van der Waals surface area contributed by atoms with Gasteiger partial charge in [0.05, 0.1) is 27.7 Å². The Bertz CT molecular complexity index is 1230. The molecular weight excluding hydrogens is 428 g/mol. The van der Waals surface area contributed by atoms with Crippen molar-refractivity contribution in [2.75, 3.05) is 44.3 Å². The lowest BCUT2D eigenvalue weighted by Crippen LogP contribution is -2.49. The van der Waals surface area contributed by atoms with Gasteiger partial charge in [0.2, 0.25) is 10.0 Å². The van der Waals surface area contributed by atoms with E-state index in [0.29, 0.717) is 50.9 Å². The highest BCUT2D eigenvalue weighted by atomic mass is 32.2. The van der Waals surface area contributed by atoms with E-state index in [-0.39, 0.29) is 4.90 Å². The van der Waals surface area contributed by atoms with Crippen molar-refractivity contribution in [3.8, 4) is 17.2 Å². The Morgan fingerprint density at radius 3 is 2.28 bits per heavy atom. The SMILES string of the molecule is Cc1nn(-c2ccccc2)c(C)c1N1CCN(S(=O)(=O)c2ccc3c(c2)OCCO3)CC1. The standard InChI is InChI=1S/C23H26N4O4S/c1-17-23(18(2)27(24-17)19-6-4-3-5-7-19)25-10-12-26(13-11-25)32(28,29)20-8-9-21-22(16-20)31-15-14-30-21/h3-9,16H,10-15H2,1-2H3. The predicted molar refractivity (Wildman–Crippen MR) is 121 cm³/mol. The maximum atomic E-state index is 13.2. The van der Waals surface area contributed by atoms with E-state index >= 15 is 0 Å². The van der Waals surface area contributed by atoms with Crippen LogP contribution in [0, 0.1) is 13.8 Å². The third-order valence-electron chi connectivity index (χ3n) is 5.96. The topological polar surface area (TPSA) is 76.9 Å². The van der Waals surface area contributed by atoms with E-state index in [1.54, 1.807) is 22.5 Å². The molecule has 2 aliphatic heterocycles. The zero-order chi connectivity index (χ0) is 22.3. The van der Waals surface area contributed by atoms with Crippen LogP contribution in [-0.4, -0.2) is 61.9 Å². The summed E-state index contributed by atoms with van der Waals surface area (Å²) < 4.78 is 41.0. The number of aromatic nitrogens is 2. The van der Waals surface area contributed by atoms with Gasteiger partial charge >= 0.3 is 0 Å². The van der Waals surface area contributed by atoms with Crippen molar-refractivity contribution in [1.82, 2.24) is 14.1 Å². The number of benzene rings is 2. The van der Waals surface area contributed by atoms with Crippen molar-refractivity contribution < 1.29 is 17.9 Å². The molecule has 1 aromatic heterocycles. The average molecular weight is 455 g/mol. The normalized spacial score (nSPS) is 16.9. The van der Waals surface area contributed by atoms with Gasteiger partial charge in [0.15, 0.2) is 11.5 Å². The molecule has 3 heterocycles. The molecule has 2 aromatic carbocycles. The number of ether oxygens (including phenoxy) is 2. The van der Waals surface area contributed by atoms with Gasteiger partial charge in [0.1, 0.15) is 13.2 Å². The quantitative estimate of drug-likeness (QED) is 0.603. The second-order valence-corrected chi connectivity index (χ2v) is 9.90. The van der Waals surface area contributed by atoms with Crippen LogP contribution in [0.5, 0.6) is 11.5 Å². The van der Waals surface area contributed by atoms with Gasteiger partial charge in [-0.05, 0) is 38.1 Å². The molecule has 0 atom stereocenters. The number of sulfonamides is 1. The summed E-state index contributed by atoms with van der Waals surface area (Å²) in [6, 6.07) is 14.9. The van der Waals surface area contributed by atoms with E-state index in [0.717, 1.165) is 22.8 Å². The molecule has 9 heteroatoms. The molecule has 3 aromatic rings. The van der Waals surface area contributed by atoms with Gasteiger partial charge in [-0.1, -0.05) is 18.2 Å². The lowest BCUT2D eigenvalue weighted by Gasteiger charge is -2.35. The van der Waals surface area contributed by atoms with Crippen molar-refractivity contribution >= 4 is 15.7 Å². The number of rotatable bonds is 4. The van der Waals surface area contributed by atoms with Crippen LogP contribution in [0.15, 0.2) is 53.4 Å². The number of hydrogen-bond donors (Lipinski definition) is 0. The van der Waals surface area contributed by atoms with Gasteiger partial charge in [-0.2, -0.15) is 9.40 Å². The molecule has 0 unspecified atom stereocenters. The second kappa shape index (κ2) is 8.14. The number of aryl methyl sites for hydroxylation is 1. The highest BCUT2D eigenvalue weighted by Crippen LogP contribution is 2.34. The van der Waals surface area contributed by atoms with Crippen molar-refractivity contribution in [2.45, 2.75) is 18.7 Å². The van der Waals surface area contributed by atoms with E-state index in [4.69, 9.17) is 14.6 Å². The van der Waals surface area contributed by atoms with Crippen molar-refractivity contribution in [2.24, 2.45) is 0 Å². The average Bonchev–Trinajstić information content (AvgIpc) is 3.13.